The van der Waals surface area contributed by atoms with Crippen molar-refractivity contribution in [3.8, 4) is 0 Å². The van der Waals surface area contributed by atoms with E-state index < -0.39 is 0 Å². The number of rotatable bonds is 5. The molecule has 0 aromatic carbocycles. The van der Waals surface area contributed by atoms with Gasteiger partial charge in [-0.05, 0) is 31.7 Å². The van der Waals surface area contributed by atoms with E-state index in [1.165, 1.54) is 6.42 Å². The van der Waals surface area contributed by atoms with Crippen LogP contribution in [0.3, 0.4) is 0 Å². The number of pyridine rings is 1. The van der Waals surface area contributed by atoms with Gasteiger partial charge in [0.2, 0.25) is 5.82 Å². The van der Waals surface area contributed by atoms with E-state index in [0.717, 1.165) is 32.2 Å². The number of nitrogens with zero attached hydrogens (tertiary/aromatic N) is 3. The molecule has 1 aliphatic heterocycles. The summed E-state index contributed by atoms with van der Waals surface area (Å²) in [5, 5.41) is 14.2. The monoisotopic (exact) mass is 278 g/mol. The fraction of sp³-hybridized carbons (Fsp3) is 0.643. The van der Waals surface area contributed by atoms with Gasteiger partial charge in [-0.25, -0.2) is 4.98 Å². The zero-order valence-electron chi connectivity index (χ0n) is 12.1. The molecule has 0 radical (unpaired) electrons. The summed E-state index contributed by atoms with van der Waals surface area (Å²) in [6.07, 6.45) is 5.50. The minimum atomic E-state index is -0.334. The SMILES string of the molecule is CCCC1CCCCN1c1nc(NC)ccc1[N+](=O)[O-]. The molecule has 20 heavy (non-hydrogen) atoms. The highest BCUT2D eigenvalue weighted by atomic mass is 16.6. The van der Waals surface area contributed by atoms with Crippen LogP contribution in [0.5, 0.6) is 0 Å². The number of piperidine rings is 1. The highest BCUT2D eigenvalue weighted by Gasteiger charge is 2.29. The van der Waals surface area contributed by atoms with Gasteiger partial charge < -0.3 is 10.2 Å². The molecule has 6 heteroatoms. The Morgan fingerprint density at radius 1 is 1.50 bits per heavy atom. The van der Waals surface area contributed by atoms with E-state index in [1.807, 2.05) is 0 Å². The summed E-state index contributed by atoms with van der Waals surface area (Å²) < 4.78 is 0. The van der Waals surface area contributed by atoms with Gasteiger partial charge in [-0.2, -0.15) is 0 Å². The lowest BCUT2D eigenvalue weighted by atomic mass is 9.98. The quantitative estimate of drug-likeness (QED) is 0.661. The van der Waals surface area contributed by atoms with E-state index in [4.69, 9.17) is 0 Å². The highest BCUT2D eigenvalue weighted by Crippen LogP contribution is 2.33. The zero-order chi connectivity index (χ0) is 14.5. The van der Waals surface area contributed by atoms with Crippen LogP contribution in [0.25, 0.3) is 0 Å². The predicted octanol–water partition coefficient (Wildman–Crippen LogP) is 3.19. The molecule has 1 unspecified atom stereocenters. The van der Waals surface area contributed by atoms with Gasteiger partial charge in [0.15, 0.2) is 0 Å². The molecule has 0 saturated carbocycles. The van der Waals surface area contributed by atoms with Crippen molar-refractivity contribution in [3.63, 3.8) is 0 Å². The summed E-state index contributed by atoms with van der Waals surface area (Å²) in [4.78, 5) is 17.5. The Morgan fingerprint density at radius 3 is 2.95 bits per heavy atom. The zero-order valence-corrected chi connectivity index (χ0v) is 12.1. The van der Waals surface area contributed by atoms with E-state index in [9.17, 15) is 10.1 Å². The van der Waals surface area contributed by atoms with Crippen molar-refractivity contribution >= 4 is 17.3 Å². The summed E-state index contributed by atoms with van der Waals surface area (Å²) in [6.45, 7) is 3.00. The van der Waals surface area contributed by atoms with Gasteiger partial charge in [-0.1, -0.05) is 13.3 Å². The Balaban J connectivity index is 2.39. The number of hydrogen-bond donors (Lipinski definition) is 1. The van der Waals surface area contributed by atoms with Gasteiger partial charge in [0.05, 0.1) is 4.92 Å². The highest BCUT2D eigenvalue weighted by molar-refractivity contribution is 5.62. The van der Waals surface area contributed by atoms with E-state index in [0.29, 0.717) is 17.7 Å². The summed E-state index contributed by atoms with van der Waals surface area (Å²) >= 11 is 0. The first-order valence-electron chi connectivity index (χ1n) is 7.27. The lowest BCUT2D eigenvalue weighted by Crippen LogP contribution is -2.40. The Bertz CT molecular complexity index is 476. The van der Waals surface area contributed by atoms with Crippen LogP contribution >= 0.6 is 0 Å². The van der Waals surface area contributed by atoms with E-state index in [1.54, 1.807) is 19.2 Å². The van der Waals surface area contributed by atoms with Crippen LogP contribution in [0.1, 0.15) is 39.0 Å². The molecule has 1 fully saturated rings. The standard InChI is InChI=1S/C14H22N4O2/c1-3-6-11-7-4-5-10-17(11)14-12(18(19)20)8-9-13(15-2)16-14/h8-9,11H,3-7,10H2,1-2H3,(H,15,16). The minimum Gasteiger partial charge on any atom is -0.373 e. The van der Waals surface area contributed by atoms with Crippen molar-refractivity contribution in [1.29, 1.82) is 0 Å². The van der Waals surface area contributed by atoms with Crippen molar-refractivity contribution in [1.82, 2.24) is 4.98 Å². The molecule has 0 bridgehead atoms. The molecule has 1 atom stereocenters. The van der Waals surface area contributed by atoms with Crippen LogP contribution in [0.15, 0.2) is 12.1 Å². The number of anilines is 2. The third-order valence-electron chi connectivity index (χ3n) is 3.83. The average molecular weight is 278 g/mol. The summed E-state index contributed by atoms with van der Waals surface area (Å²) in [6, 6.07) is 3.57. The normalized spacial score (nSPS) is 18.9. The van der Waals surface area contributed by atoms with Crippen molar-refractivity contribution in [2.45, 2.75) is 45.1 Å². The van der Waals surface area contributed by atoms with Crippen molar-refractivity contribution in [3.05, 3.63) is 22.2 Å². The lowest BCUT2D eigenvalue weighted by molar-refractivity contribution is -0.384. The van der Waals surface area contributed by atoms with Crippen LogP contribution in [0, 0.1) is 10.1 Å². The molecule has 1 saturated heterocycles. The molecule has 2 rings (SSSR count). The topological polar surface area (TPSA) is 71.3 Å². The largest absolute Gasteiger partial charge is 0.373 e. The first kappa shape index (κ1) is 14.6. The molecule has 110 valence electrons. The molecule has 6 nitrogen and oxygen atoms in total. The van der Waals surface area contributed by atoms with Crippen LogP contribution in [-0.2, 0) is 0 Å². The van der Waals surface area contributed by atoms with Crippen molar-refractivity contribution < 1.29 is 4.92 Å². The summed E-state index contributed by atoms with van der Waals surface area (Å²) in [7, 11) is 1.78. The van der Waals surface area contributed by atoms with Gasteiger partial charge in [-0.15, -0.1) is 0 Å². The van der Waals surface area contributed by atoms with Crippen LogP contribution < -0.4 is 10.2 Å². The molecule has 0 amide bonds. The maximum atomic E-state index is 11.2. The number of aromatic nitrogens is 1. The van der Waals surface area contributed by atoms with E-state index >= 15 is 0 Å². The second-order valence-corrected chi connectivity index (χ2v) is 5.18. The maximum absolute atomic E-state index is 11.2. The summed E-state index contributed by atoms with van der Waals surface area (Å²) in [5.41, 5.74) is 0.104. The molecular weight excluding hydrogens is 256 g/mol. The van der Waals surface area contributed by atoms with Gasteiger partial charge in [0.25, 0.3) is 0 Å². The number of nitrogens with one attached hydrogen (secondary N) is 1. The molecule has 0 aliphatic carbocycles. The molecule has 2 heterocycles. The Hall–Kier alpha value is -1.85. The molecular formula is C14H22N4O2. The molecule has 1 aliphatic rings. The lowest BCUT2D eigenvalue weighted by Gasteiger charge is -2.36. The maximum Gasteiger partial charge on any atom is 0.311 e. The smallest absolute Gasteiger partial charge is 0.311 e. The molecule has 1 aromatic heterocycles. The fourth-order valence-electron chi connectivity index (χ4n) is 2.85. The van der Waals surface area contributed by atoms with Crippen molar-refractivity contribution in [2.75, 3.05) is 23.8 Å². The second kappa shape index (κ2) is 6.54. The number of nitro groups is 1. The fourth-order valence-corrected chi connectivity index (χ4v) is 2.85. The van der Waals surface area contributed by atoms with E-state index in [2.05, 4.69) is 22.1 Å². The molecule has 1 N–H and O–H groups in total. The molecule has 0 spiro atoms. The third kappa shape index (κ3) is 3.00. The number of hydrogen-bond acceptors (Lipinski definition) is 5. The van der Waals surface area contributed by atoms with Gasteiger partial charge in [0.1, 0.15) is 5.82 Å². The first-order valence-corrected chi connectivity index (χ1v) is 7.27. The van der Waals surface area contributed by atoms with Gasteiger partial charge >= 0.3 is 5.69 Å². The second-order valence-electron chi connectivity index (χ2n) is 5.18. The van der Waals surface area contributed by atoms with Crippen LogP contribution in [0.2, 0.25) is 0 Å². The minimum absolute atomic E-state index is 0.104. The third-order valence-corrected chi connectivity index (χ3v) is 3.83. The van der Waals surface area contributed by atoms with E-state index in [-0.39, 0.29) is 10.6 Å². The Labute approximate surface area is 119 Å². The van der Waals surface area contributed by atoms with Crippen LogP contribution in [0.4, 0.5) is 17.3 Å². The predicted molar refractivity (Wildman–Crippen MR) is 80.3 cm³/mol. The Morgan fingerprint density at radius 2 is 2.30 bits per heavy atom. The molecule has 1 aromatic rings. The first-order chi connectivity index (χ1) is 9.67. The summed E-state index contributed by atoms with van der Waals surface area (Å²) in [5.74, 6) is 1.19. The van der Waals surface area contributed by atoms with Crippen molar-refractivity contribution in [2.24, 2.45) is 0 Å². The van der Waals surface area contributed by atoms with Crippen LogP contribution in [-0.4, -0.2) is 29.5 Å². The van der Waals surface area contributed by atoms with Gasteiger partial charge in [0, 0.05) is 25.7 Å². The van der Waals surface area contributed by atoms with Gasteiger partial charge in [-0.3, -0.25) is 10.1 Å². The Kier molecular flexibility index (Phi) is 4.76. The average Bonchev–Trinajstić information content (AvgIpc) is 2.47.